The summed E-state index contributed by atoms with van der Waals surface area (Å²) in [5, 5.41) is 12.7. The van der Waals surface area contributed by atoms with E-state index in [-0.39, 0.29) is 12.0 Å². The lowest BCUT2D eigenvalue weighted by molar-refractivity contribution is -0.142. The number of hydrogen-bond acceptors (Lipinski definition) is 4. The highest BCUT2D eigenvalue weighted by Crippen LogP contribution is 2.37. The lowest BCUT2D eigenvalue weighted by Crippen LogP contribution is -2.39. The van der Waals surface area contributed by atoms with E-state index >= 15 is 0 Å². The van der Waals surface area contributed by atoms with E-state index in [1.807, 2.05) is 6.92 Å². The Kier molecular flexibility index (Phi) is 1.76. The zero-order valence-corrected chi connectivity index (χ0v) is 7.30. The van der Waals surface area contributed by atoms with Gasteiger partial charge in [0.05, 0.1) is 17.7 Å². The van der Waals surface area contributed by atoms with Crippen LogP contribution in [0.15, 0.2) is 5.16 Å². The molecule has 1 fully saturated rings. The summed E-state index contributed by atoms with van der Waals surface area (Å²) in [5.74, 6) is -1.21. The third kappa shape index (κ3) is 1.11. The van der Waals surface area contributed by atoms with Gasteiger partial charge in [-0.25, -0.2) is 0 Å². The minimum atomic E-state index is -0.835. The molecule has 2 aliphatic rings. The van der Waals surface area contributed by atoms with Gasteiger partial charge in [-0.1, -0.05) is 5.16 Å². The van der Waals surface area contributed by atoms with Gasteiger partial charge in [-0.2, -0.15) is 0 Å². The van der Waals surface area contributed by atoms with Crippen LogP contribution in [0.2, 0.25) is 0 Å². The molecule has 13 heavy (non-hydrogen) atoms. The molecule has 0 unspecified atom stereocenters. The van der Waals surface area contributed by atoms with Crippen molar-refractivity contribution in [1.29, 1.82) is 0 Å². The number of aliphatic carboxylic acids is 1. The van der Waals surface area contributed by atoms with Crippen LogP contribution in [-0.4, -0.2) is 28.9 Å². The van der Waals surface area contributed by atoms with Crippen LogP contribution in [0, 0.1) is 11.8 Å². The van der Waals surface area contributed by atoms with Crippen molar-refractivity contribution in [3.8, 4) is 0 Å². The smallest absolute Gasteiger partial charge is 0.308 e. The highest BCUT2D eigenvalue weighted by Gasteiger charge is 2.50. The monoisotopic (exact) mass is 184 g/mol. The second-order valence-electron chi connectivity index (χ2n) is 3.67. The summed E-state index contributed by atoms with van der Waals surface area (Å²) in [7, 11) is 0. The van der Waals surface area contributed by atoms with Gasteiger partial charge in [-0.05, 0) is 13.3 Å². The molecule has 2 rings (SSSR count). The number of hydrogen-bond donors (Lipinski definition) is 2. The Bertz CT molecular complexity index is 277. The van der Waals surface area contributed by atoms with Crippen LogP contribution in [0.3, 0.4) is 0 Å². The van der Waals surface area contributed by atoms with Gasteiger partial charge in [0, 0.05) is 5.92 Å². The molecular formula is C8H12N2O3. The SMILES string of the molecule is CC1=NO[C@@H]2[C@H](N)[C@@H](C(=O)O)C[C@H]12. The molecule has 1 aliphatic heterocycles. The van der Waals surface area contributed by atoms with Gasteiger partial charge < -0.3 is 15.7 Å². The van der Waals surface area contributed by atoms with Crippen molar-refractivity contribution in [3.05, 3.63) is 0 Å². The fraction of sp³-hybridized carbons (Fsp3) is 0.750. The summed E-state index contributed by atoms with van der Waals surface area (Å²) in [6.45, 7) is 1.85. The van der Waals surface area contributed by atoms with E-state index in [0.29, 0.717) is 6.42 Å². The molecule has 0 amide bonds. The normalized spacial score (nSPS) is 42.5. The van der Waals surface area contributed by atoms with Gasteiger partial charge in [-0.15, -0.1) is 0 Å². The van der Waals surface area contributed by atoms with E-state index < -0.39 is 17.9 Å². The summed E-state index contributed by atoms with van der Waals surface area (Å²) in [4.78, 5) is 15.9. The van der Waals surface area contributed by atoms with Crippen LogP contribution >= 0.6 is 0 Å². The van der Waals surface area contributed by atoms with Crippen molar-refractivity contribution < 1.29 is 14.7 Å². The fourth-order valence-corrected chi connectivity index (χ4v) is 2.09. The number of oxime groups is 1. The fourth-order valence-electron chi connectivity index (χ4n) is 2.09. The van der Waals surface area contributed by atoms with Crippen molar-refractivity contribution in [1.82, 2.24) is 0 Å². The van der Waals surface area contributed by atoms with Crippen LogP contribution in [0.25, 0.3) is 0 Å². The van der Waals surface area contributed by atoms with E-state index in [9.17, 15) is 4.79 Å². The lowest BCUT2D eigenvalue weighted by Gasteiger charge is -2.14. The maximum atomic E-state index is 10.8. The van der Waals surface area contributed by atoms with Gasteiger partial charge in [0.25, 0.3) is 0 Å². The number of carboxylic acid groups (broad SMARTS) is 1. The molecular weight excluding hydrogens is 172 g/mol. The molecule has 0 saturated heterocycles. The summed E-state index contributed by atoms with van der Waals surface area (Å²) in [6, 6.07) is -0.427. The minimum Gasteiger partial charge on any atom is -0.481 e. The predicted molar refractivity (Wildman–Crippen MR) is 45.2 cm³/mol. The number of nitrogens with zero attached hydrogens (tertiary/aromatic N) is 1. The standard InChI is InChI=1S/C8H12N2O3/c1-3-4-2-5(8(11)12)6(9)7(4)13-10-3/h4-7H,2,9H2,1H3,(H,11,12)/t4-,5+,6-,7+/m1/s1. The number of rotatable bonds is 1. The quantitative estimate of drug-likeness (QED) is 0.591. The number of carbonyl (C=O) groups is 1. The van der Waals surface area contributed by atoms with Crippen molar-refractivity contribution in [2.75, 3.05) is 0 Å². The molecule has 0 spiro atoms. The van der Waals surface area contributed by atoms with Crippen molar-refractivity contribution in [3.63, 3.8) is 0 Å². The van der Waals surface area contributed by atoms with Crippen molar-refractivity contribution in [2.45, 2.75) is 25.5 Å². The largest absolute Gasteiger partial charge is 0.481 e. The highest BCUT2D eigenvalue weighted by atomic mass is 16.6. The number of fused-ring (bicyclic) bond motifs is 1. The molecule has 0 bridgehead atoms. The Labute approximate surface area is 75.5 Å². The predicted octanol–water partition coefficient (Wildman–Crippen LogP) is -0.191. The Morgan fingerprint density at radius 2 is 2.46 bits per heavy atom. The van der Waals surface area contributed by atoms with Crippen LogP contribution in [0.4, 0.5) is 0 Å². The van der Waals surface area contributed by atoms with E-state index in [1.54, 1.807) is 0 Å². The van der Waals surface area contributed by atoms with Gasteiger partial charge >= 0.3 is 5.97 Å². The summed E-state index contributed by atoms with van der Waals surface area (Å²) in [5.41, 5.74) is 6.61. The first-order valence-corrected chi connectivity index (χ1v) is 4.30. The summed E-state index contributed by atoms with van der Waals surface area (Å²) in [6.07, 6.45) is 0.331. The second kappa shape index (κ2) is 2.70. The molecule has 5 nitrogen and oxygen atoms in total. The Morgan fingerprint density at radius 1 is 1.77 bits per heavy atom. The first kappa shape index (κ1) is 8.50. The number of nitrogens with two attached hydrogens (primary N) is 1. The topological polar surface area (TPSA) is 84.9 Å². The molecule has 5 heteroatoms. The van der Waals surface area contributed by atoms with Crippen LogP contribution < -0.4 is 5.73 Å². The second-order valence-corrected chi connectivity index (χ2v) is 3.67. The van der Waals surface area contributed by atoms with Gasteiger partial charge in [0.1, 0.15) is 0 Å². The average molecular weight is 184 g/mol. The van der Waals surface area contributed by atoms with Gasteiger partial charge in [-0.3, -0.25) is 4.79 Å². The first-order valence-electron chi connectivity index (χ1n) is 4.30. The highest BCUT2D eigenvalue weighted by molar-refractivity contribution is 5.87. The molecule has 3 N–H and O–H groups in total. The first-order chi connectivity index (χ1) is 6.11. The molecule has 72 valence electrons. The van der Waals surface area contributed by atoms with Crippen LogP contribution in [0.5, 0.6) is 0 Å². The van der Waals surface area contributed by atoms with Crippen molar-refractivity contribution in [2.24, 2.45) is 22.7 Å². The molecule has 1 aliphatic carbocycles. The zero-order chi connectivity index (χ0) is 9.59. The third-order valence-corrected chi connectivity index (χ3v) is 2.92. The van der Waals surface area contributed by atoms with Gasteiger partial charge in [0.15, 0.2) is 6.10 Å². The summed E-state index contributed by atoms with van der Waals surface area (Å²) < 4.78 is 0. The van der Waals surface area contributed by atoms with Crippen molar-refractivity contribution >= 4 is 11.7 Å². The van der Waals surface area contributed by atoms with Crippen LogP contribution in [-0.2, 0) is 9.63 Å². The van der Waals surface area contributed by atoms with Gasteiger partial charge in [0.2, 0.25) is 0 Å². The maximum absolute atomic E-state index is 10.8. The maximum Gasteiger partial charge on any atom is 0.308 e. The minimum absolute atomic E-state index is 0.107. The van der Waals surface area contributed by atoms with E-state index in [1.165, 1.54) is 0 Å². The van der Waals surface area contributed by atoms with E-state index in [0.717, 1.165) is 5.71 Å². The Balaban J connectivity index is 2.18. The molecule has 0 aromatic carbocycles. The third-order valence-electron chi connectivity index (χ3n) is 2.92. The van der Waals surface area contributed by atoms with E-state index in [4.69, 9.17) is 15.7 Å². The Hall–Kier alpha value is -1.10. The zero-order valence-electron chi connectivity index (χ0n) is 7.30. The number of carboxylic acids is 1. The molecule has 0 aromatic heterocycles. The van der Waals surface area contributed by atoms with Crippen LogP contribution in [0.1, 0.15) is 13.3 Å². The lowest BCUT2D eigenvalue weighted by atomic mass is 10.0. The molecule has 1 saturated carbocycles. The molecule has 0 aromatic rings. The summed E-state index contributed by atoms with van der Waals surface area (Å²) >= 11 is 0. The molecule has 4 atom stereocenters. The molecule has 1 heterocycles. The molecule has 0 radical (unpaired) electrons. The Morgan fingerprint density at radius 3 is 3.00 bits per heavy atom. The average Bonchev–Trinajstić information content (AvgIpc) is 2.55. The van der Waals surface area contributed by atoms with E-state index in [2.05, 4.69) is 5.16 Å².